The quantitative estimate of drug-likeness (QED) is 0.627. The van der Waals surface area contributed by atoms with Gasteiger partial charge in [-0.1, -0.05) is 0 Å². The summed E-state index contributed by atoms with van der Waals surface area (Å²) in [6.07, 6.45) is 1.99. The number of halogens is 1. The van der Waals surface area contributed by atoms with Gasteiger partial charge in [-0.25, -0.2) is 8.42 Å². The van der Waals surface area contributed by atoms with Crippen molar-refractivity contribution in [2.75, 3.05) is 24.8 Å². The predicted octanol–water partition coefficient (Wildman–Crippen LogP) is 1.44. The normalized spacial score (nSPS) is 17.3. The van der Waals surface area contributed by atoms with E-state index >= 15 is 0 Å². The maximum absolute atomic E-state index is 12.0. The zero-order chi connectivity index (χ0) is 12.2. The first-order chi connectivity index (χ1) is 7.47. The smallest absolute Gasteiger partial charge is 0.216 e. The maximum atomic E-state index is 12.0. The molecule has 0 radical (unpaired) electrons. The van der Waals surface area contributed by atoms with Crippen LogP contribution in [0.5, 0.6) is 0 Å². The summed E-state index contributed by atoms with van der Waals surface area (Å²) >= 11 is 5.62. The van der Waals surface area contributed by atoms with Crippen molar-refractivity contribution in [1.29, 1.82) is 0 Å². The molecule has 0 aromatic carbocycles. The van der Waals surface area contributed by atoms with Crippen LogP contribution in [0.25, 0.3) is 0 Å². The molecule has 0 atom stereocenters. The highest BCUT2D eigenvalue weighted by Gasteiger charge is 2.36. The molecule has 4 nitrogen and oxygen atoms in total. The first kappa shape index (κ1) is 14.2. The van der Waals surface area contributed by atoms with E-state index < -0.39 is 10.0 Å². The molecule has 0 saturated heterocycles. The second-order valence-electron chi connectivity index (χ2n) is 4.27. The zero-order valence-corrected chi connectivity index (χ0v) is 11.4. The second-order valence-corrected chi connectivity index (χ2v) is 6.69. The largest absolute Gasteiger partial charge is 0.378 e. The molecule has 0 heterocycles. The molecular weight excluding hydrogens is 250 g/mol. The molecule has 1 rings (SSSR count). The number of alkyl halides is 1. The highest BCUT2D eigenvalue weighted by molar-refractivity contribution is 7.89. The molecule has 0 spiro atoms. The van der Waals surface area contributed by atoms with Gasteiger partial charge in [0, 0.05) is 18.5 Å². The fourth-order valence-corrected chi connectivity index (χ4v) is 3.36. The summed E-state index contributed by atoms with van der Waals surface area (Å²) < 4.78 is 30.7. The van der Waals surface area contributed by atoms with E-state index in [1.165, 1.54) is 4.31 Å². The van der Waals surface area contributed by atoms with Crippen molar-refractivity contribution in [1.82, 2.24) is 4.31 Å². The van der Waals surface area contributed by atoms with Gasteiger partial charge in [0.1, 0.15) is 0 Å². The van der Waals surface area contributed by atoms with Crippen LogP contribution in [0, 0.1) is 0 Å². The van der Waals surface area contributed by atoms with E-state index in [0.717, 1.165) is 12.8 Å². The summed E-state index contributed by atoms with van der Waals surface area (Å²) in [5.41, 5.74) is 0. The number of rotatable bonds is 8. The summed E-state index contributed by atoms with van der Waals surface area (Å²) in [6, 6.07) is 0.183. The van der Waals surface area contributed by atoms with E-state index in [0.29, 0.717) is 12.4 Å². The Bertz CT molecular complexity index is 301. The van der Waals surface area contributed by atoms with Crippen LogP contribution in [0.2, 0.25) is 0 Å². The Morgan fingerprint density at radius 1 is 1.44 bits per heavy atom. The minimum atomic E-state index is -3.19. The Labute approximate surface area is 103 Å². The van der Waals surface area contributed by atoms with Gasteiger partial charge in [-0.15, -0.1) is 11.6 Å². The molecule has 0 aromatic rings. The van der Waals surface area contributed by atoms with Crippen LogP contribution < -0.4 is 0 Å². The van der Waals surface area contributed by atoms with Gasteiger partial charge in [0.2, 0.25) is 10.0 Å². The molecule has 1 saturated carbocycles. The molecule has 96 valence electrons. The van der Waals surface area contributed by atoms with Crippen LogP contribution in [0.1, 0.15) is 26.7 Å². The molecule has 0 bridgehead atoms. The molecular formula is C10H20ClNO3S. The Balaban J connectivity index is 2.46. The van der Waals surface area contributed by atoms with Crippen LogP contribution >= 0.6 is 11.6 Å². The minimum absolute atomic E-state index is 0.0541. The van der Waals surface area contributed by atoms with Crippen LogP contribution in [-0.4, -0.2) is 49.7 Å². The van der Waals surface area contributed by atoms with E-state index in [1.807, 2.05) is 13.8 Å². The Morgan fingerprint density at radius 2 is 2.06 bits per heavy atom. The molecule has 6 heteroatoms. The van der Waals surface area contributed by atoms with Crippen molar-refractivity contribution in [2.24, 2.45) is 0 Å². The number of hydrogen-bond donors (Lipinski definition) is 0. The standard InChI is InChI=1S/C10H20ClNO3S/c1-9(2)15-7-8-16(13,14)12(6-5-11)10-3-4-10/h9-10H,3-8H2,1-2H3. The van der Waals surface area contributed by atoms with Gasteiger partial charge in [0.25, 0.3) is 0 Å². The van der Waals surface area contributed by atoms with Crippen LogP contribution in [-0.2, 0) is 14.8 Å². The van der Waals surface area contributed by atoms with Crippen molar-refractivity contribution >= 4 is 21.6 Å². The highest BCUT2D eigenvalue weighted by Crippen LogP contribution is 2.29. The molecule has 0 N–H and O–H groups in total. The SMILES string of the molecule is CC(C)OCCS(=O)(=O)N(CCCl)C1CC1. The molecule has 0 aromatic heterocycles. The topological polar surface area (TPSA) is 46.6 Å². The Hall–Kier alpha value is 0.160. The molecule has 1 aliphatic rings. The van der Waals surface area contributed by atoms with Gasteiger partial charge in [-0.2, -0.15) is 4.31 Å². The van der Waals surface area contributed by atoms with Crippen LogP contribution in [0.15, 0.2) is 0 Å². The third-order valence-corrected chi connectivity index (χ3v) is 4.46. The van der Waals surface area contributed by atoms with E-state index in [1.54, 1.807) is 0 Å². The average Bonchev–Trinajstić information content (AvgIpc) is 2.96. The fraction of sp³-hybridized carbons (Fsp3) is 1.00. The Morgan fingerprint density at radius 3 is 2.50 bits per heavy atom. The summed E-state index contributed by atoms with van der Waals surface area (Å²) in [6.45, 7) is 4.45. The number of nitrogens with zero attached hydrogens (tertiary/aromatic N) is 1. The van der Waals surface area contributed by atoms with Gasteiger partial charge in [-0.05, 0) is 26.7 Å². The van der Waals surface area contributed by atoms with Crippen LogP contribution in [0.3, 0.4) is 0 Å². The Kier molecular flexibility index (Phi) is 5.50. The predicted molar refractivity (Wildman–Crippen MR) is 65.3 cm³/mol. The first-order valence-electron chi connectivity index (χ1n) is 5.64. The molecule has 16 heavy (non-hydrogen) atoms. The number of ether oxygens (including phenoxy) is 1. The van der Waals surface area contributed by atoms with Gasteiger partial charge in [0.15, 0.2) is 0 Å². The van der Waals surface area contributed by atoms with Gasteiger partial charge in [-0.3, -0.25) is 0 Å². The minimum Gasteiger partial charge on any atom is -0.378 e. The van der Waals surface area contributed by atoms with Gasteiger partial charge >= 0.3 is 0 Å². The average molecular weight is 270 g/mol. The van der Waals surface area contributed by atoms with Crippen molar-refractivity contribution in [2.45, 2.75) is 38.8 Å². The van der Waals surface area contributed by atoms with Crippen molar-refractivity contribution in [3.63, 3.8) is 0 Å². The lowest BCUT2D eigenvalue weighted by molar-refractivity contribution is 0.0907. The summed E-state index contributed by atoms with van der Waals surface area (Å²) in [5.74, 6) is 0.402. The lowest BCUT2D eigenvalue weighted by Gasteiger charge is -2.21. The number of sulfonamides is 1. The highest BCUT2D eigenvalue weighted by atomic mass is 35.5. The number of hydrogen-bond acceptors (Lipinski definition) is 3. The monoisotopic (exact) mass is 269 g/mol. The maximum Gasteiger partial charge on any atom is 0.216 e. The third kappa shape index (κ3) is 4.57. The summed E-state index contributed by atoms with van der Waals surface area (Å²) in [4.78, 5) is 0. The summed E-state index contributed by atoms with van der Waals surface area (Å²) in [7, 11) is -3.19. The van der Waals surface area contributed by atoms with Gasteiger partial charge in [0.05, 0.1) is 18.5 Å². The van der Waals surface area contributed by atoms with Crippen molar-refractivity contribution in [3.05, 3.63) is 0 Å². The molecule has 0 aliphatic heterocycles. The summed E-state index contributed by atoms with van der Waals surface area (Å²) in [5, 5.41) is 0. The first-order valence-corrected chi connectivity index (χ1v) is 7.79. The molecule has 1 fully saturated rings. The van der Waals surface area contributed by atoms with Crippen molar-refractivity contribution < 1.29 is 13.2 Å². The van der Waals surface area contributed by atoms with Crippen molar-refractivity contribution in [3.8, 4) is 0 Å². The zero-order valence-electron chi connectivity index (χ0n) is 9.86. The fourth-order valence-electron chi connectivity index (χ4n) is 1.50. The van der Waals surface area contributed by atoms with Gasteiger partial charge < -0.3 is 4.74 Å². The third-order valence-electron chi connectivity index (χ3n) is 2.41. The molecule has 0 unspecified atom stereocenters. The van der Waals surface area contributed by atoms with E-state index in [4.69, 9.17) is 16.3 Å². The molecule has 1 aliphatic carbocycles. The van der Waals surface area contributed by atoms with E-state index in [-0.39, 0.29) is 24.5 Å². The van der Waals surface area contributed by atoms with E-state index in [2.05, 4.69) is 0 Å². The lowest BCUT2D eigenvalue weighted by Crippen LogP contribution is -2.37. The second kappa shape index (κ2) is 6.19. The lowest BCUT2D eigenvalue weighted by atomic mass is 10.5. The van der Waals surface area contributed by atoms with Crippen LogP contribution in [0.4, 0.5) is 0 Å². The molecule has 0 amide bonds. The van der Waals surface area contributed by atoms with E-state index in [9.17, 15) is 8.42 Å².